The van der Waals surface area contributed by atoms with E-state index in [1.165, 1.54) is 7.11 Å². The molecule has 0 bridgehead atoms. The van der Waals surface area contributed by atoms with Gasteiger partial charge in [0.05, 0.1) is 21.3 Å². The highest BCUT2D eigenvalue weighted by Crippen LogP contribution is 2.39. The van der Waals surface area contributed by atoms with Gasteiger partial charge in [-0.3, -0.25) is 4.79 Å². The molecule has 1 aromatic rings. The lowest BCUT2D eigenvalue weighted by Crippen LogP contribution is -2.38. The van der Waals surface area contributed by atoms with Crippen LogP contribution in [0.4, 0.5) is 4.79 Å². The topological polar surface area (TPSA) is 65.1 Å². The fourth-order valence-electron chi connectivity index (χ4n) is 3.97. The summed E-state index contributed by atoms with van der Waals surface area (Å²) >= 11 is 0. The van der Waals surface area contributed by atoms with Gasteiger partial charge in [-0.1, -0.05) is 0 Å². The van der Waals surface area contributed by atoms with Crippen LogP contribution < -0.4 is 9.47 Å². The smallest absolute Gasteiger partial charge is 0.409 e. The molecule has 2 aliphatic rings. The molecule has 6 heteroatoms. The fourth-order valence-corrected chi connectivity index (χ4v) is 3.97. The van der Waals surface area contributed by atoms with Gasteiger partial charge in [0.1, 0.15) is 0 Å². The molecule has 0 radical (unpaired) electrons. The van der Waals surface area contributed by atoms with Gasteiger partial charge in [-0.15, -0.1) is 0 Å². The first-order valence-electron chi connectivity index (χ1n) is 8.69. The molecule has 1 unspecified atom stereocenters. The molecule has 0 aromatic heterocycles. The van der Waals surface area contributed by atoms with Crippen LogP contribution in [-0.4, -0.2) is 51.2 Å². The Kier molecular flexibility index (Phi) is 5.16. The van der Waals surface area contributed by atoms with Crippen molar-refractivity contribution in [3.63, 3.8) is 0 Å². The molecule has 1 aliphatic carbocycles. The lowest BCUT2D eigenvalue weighted by molar-refractivity contribution is 0.0867. The number of amides is 1. The van der Waals surface area contributed by atoms with Crippen molar-refractivity contribution in [2.75, 3.05) is 34.4 Å². The lowest BCUT2D eigenvalue weighted by atomic mass is 9.85. The van der Waals surface area contributed by atoms with Crippen molar-refractivity contribution in [1.82, 2.24) is 4.90 Å². The second-order valence-electron chi connectivity index (χ2n) is 6.77. The molecule has 136 valence electrons. The minimum atomic E-state index is -0.262. The maximum absolute atomic E-state index is 12.8. The lowest BCUT2D eigenvalue weighted by Gasteiger charge is -2.31. The number of ketones is 1. The molecule has 25 heavy (non-hydrogen) atoms. The van der Waals surface area contributed by atoms with Crippen molar-refractivity contribution in [3.8, 4) is 11.5 Å². The molecule has 0 saturated carbocycles. The van der Waals surface area contributed by atoms with Gasteiger partial charge in [0, 0.05) is 24.6 Å². The Bertz CT molecular complexity index is 664. The zero-order valence-electron chi connectivity index (χ0n) is 15.0. The third-order valence-corrected chi connectivity index (χ3v) is 5.38. The molecule has 1 atom stereocenters. The number of hydrogen-bond donors (Lipinski definition) is 0. The van der Waals surface area contributed by atoms with Gasteiger partial charge in [0.2, 0.25) is 0 Å². The standard InChI is InChI=1S/C19H25NO5/c1-23-16-10-13-9-14(18(21)15(13)11-17(16)24-2)8-12-4-6-20(7-5-12)19(22)25-3/h10-12,14H,4-9H2,1-3H3. The van der Waals surface area contributed by atoms with Crippen molar-refractivity contribution in [2.24, 2.45) is 11.8 Å². The molecule has 1 aromatic carbocycles. The summed E-state index contributed by atoms with van der Waals surface area (Å²) in [6.07, 6.45) is 3.20. The monoisotopic (exact) mass is 347 g/mol. The zero-order valence-corrected chi connectivity index (χ0v) is 15.0. The average Bonchev–Trinajstić information content (AvgIpc) is 2.95. The van der Waals surface area contributed by atoms with Crippen LogP contribution in [0.1, 0.15) is 35.2 Å². The Morgan fingerprint density at radius 2 is 1.76 bits per heavy atom. The van der Waals surface area contributed by atoms with Gasteiger partial charge >= 0.3 is 6.09 Å². The molecule has 0 spiro atoms. The van der Waals surface area contributed by atoms with Crippen LogP contribution in [-0.2, 0) is 11.2 Å². The van der Waals surface area contributed by atoms with Gasteiger partial charge in [0.25, 0.3) is 0 Å². The summed E-state index contributed by atoms with van der Waals surface area (Å²) in [5.41, 5.74) is 1.80. The predicted molar refractivity (Wildman–Crippen MR) is 92.4 cm³/mol. The van der Waals surface area contributed by atoms with E-state index >= 15 is 0 Å². The highest BCUT2D eigenvalue weighted by molar-refractivity contribution is 6.02. The number of Topliss-reactive ketones (excluding diaryl/α,β-unsaturated/α-hetero) is 1. The molecule has 1 heterocycles. The summed E-state index contributed by atoms with van der Waals surface area (Å²) in [6.45, 7) is 1.40. The molecule has 6 nitrogen and oxygen atoms in total. The van der Waals surface area contributed by atoms with Gasteiger partial charge in [-0.05, 0) is 49.3 Å². The van der Waals surface area contributed by atoms with Crippen LogP contribution in [0.25, 0.3) is 0 Å². The van der Waals surface area contributed by atoms with Crippen LogP contribution in [0.5, 0.6) is 11.5 Å². The van der Waals surface area contributed by atoms with Gasteiger partial charge < -0.3 is 19.1 Å². The van der Waals surface area contributed by atoms with Gasteiger partial charge in [0.15, 0.2) is 17.3 Å². The highest BCUT2D eigenvalue weighted by atomic mass is 16.5. The Hall–Kier alpha value is -2.24. The summed E-state index contributed by atoms with van der Waals surface area (Å²) in [5.74, 6) is 1.95. The molecule has 1 amide bonds. The predicted octanol–water partition coefficient (Wildman–Crippen LogP) is 2.93. The Balaban J connectivity index is 1.64. The zero-order chi connectivity index (χ0) is 18.0. The van der Waals surface area contributed by atoms with Crippen molar-refractivity contribution in [3.05, 3.63) is 23.3 Å². The number of fused-ring (bicyclic) bond motifs is 1. The fraction of sp³-hybridized carbons (Fsp3) is 0.579. The number of hydrogen-bond acceptors (Lipinski definition) is 5. The normalized spacial score (nSPS) is 20.4. The van der Waals surface area contributed by atoms with E-state index in [1.807, 2.05) is 6.07 Å². The van der Waals surface area contributed by atoms with Crippen molar-refractivity contribution in [1.29, 1.82) is 0 Å². The van der Waals surface area contributed by atoms with E-state index in [0.717, 1.165) is 36.8 Å². The molecule has 1 aliphatic heterocycles. The van der Waals surface area contributed by atoms with Crippen LogP contribution in [0.3, 0.4) is 0 Å². The first-order valence-corrected chi connectivity index (χ1v) is 8.69. The van der Waals surface area contributed by atoms with Crippen molar-refractivity contribution >= 4 is 11.9 Å². The Labute approximate surface area is 148 Å². The summed E-state index contributed by atoms with van der Waals surface area (Å²) < 4.78 is 15.4. The molecule has 3 rings (SSSR count). The highest BCUT2D eigenvalue weighted by Gasteiger charge is 2.35. The third kappa shape index (κ3) is 3.43. The number of rotatable bonds is 4. The quantitative estimate of drug-likeness (QED) is 0.838. The van der Waals surface area contributed by atoms with Crippen molar-refractivity contribution in [2.45, 2.75) is 25.7 Å². The molecule has 1 fully saturated rings. The maximum Gasteiger partial charge on any atom is 0.409 e. The number of ether oxygens (including phenoxy) is 3. The van der Waals surface area contributed by atoms with Crippen LogP contribution in [0.15, 0.2) is 12.1 Å². The average molecular weight is 347 g/mol. The number of carbonyl (C=O) groups excluding carboxylic acids is 2. The first kappa shape index (κ1) is 17.6. The second kappa shape index (κ2) is 7.33. The summed E-state index contributed by atoms with van der Waals surface area (Å²) in [4.78, 5) is 26.1. The number of methoxy groups -OCH3 is 3. The second-order valence-corrected chi connectivity index (χ2v) is 6.77. The van der Waals surface area contributed by atoms with E-state index < -0.39 is 0 Å². The molecule has 0 N–H and O–H groups in total. The van der Waals surface area contributed by atoms with E-state index in [2.05, 4.69) is 0 Å². The number of piperidine rings is 1. The minimum absolute atomic E-state index is 0.0153. The summed E-state index contributed by atoms with van der Waals surface area (Å²) in [7, 11) is 4.59. The van der Waals surface area contributed by atoms with Crippen molar-refractivity contribution < 1.29 is 23.8 Å². The molecule has 1 saturated heterocycles. The van der Waals surface area contributed by atoms with Gasteiger partial charge in [-0.2, -0.15) is 0 Å². The third-order valence-electron chi connectivity index (χ3n) is 5.38. The number of likely N-dealkylation sites (tertiary alicyclic amines) is 1. The SMILES string of the molecule is COC(=O)N1CCC(CC2Cc3cc(OC)c(OC)cc3C2=O)CC1. The maximum atomic E-state index is 12.8. The summed E-state index contributed by atoms with van der Waals surface area (Å²) in [5, 5.41) is 0. The van der Waals surface area contributed by atoms with Crippen LogP contribution in [0.2, 0.25) is 0 Å². The molecular weight excluding hydrogens is 322 g/mol. The van der Waals surface area contributed by atoms with Crippen LogP contribution >= 0.6 is 0 Å². The van der Waals surface area contributed by atoms with E-state index in [1.54, 1.807) is 25.2 Å². The number of carbonyl (C=O) groups is 2. The molecular formula is C19H25NO5. The number of nitrogens with zero attached hydrogens (tertiary/aromatic N) is 1. The largest absolute Gasteiger partial charge is 0.493 e. The summed E-state index contributed by atoms with van der Waals surface area (Å²) in [6, 6.07) is 3.72. The van der Waals surface area contributed by atoms with E-state index in [9.17, 15) is 9.59 Å². The van der Waals surface area contributed by atoms with E-state index in [0.29, 0.717) is 30.5 Å². The number of benzene rings is 1. The minimum Gasteiger partial charge on any atom is -0.493 e. The van der Waals surface area contributed by atoms with Crippen LogP contribution in [0, 0.1) is 11.8 Å². The van der Waals surface area contributed by atoms with Gasteiger partial charge in [-0.25, -0.2) is 4.79 Å². The Morgan fingerprint density at radius 3 is 2.36 bits per heavy atom. The Morgan fingerprint density at radius 1 is 1.12 bits per heavy atom. The van der Waals surface area contributed by atoms with E-state index in [-0.39, 0.29) is 17.8 Å². The first-order chi connectivity index (χ1) is 12.1. The van der Waals surface area contributed by atoms with E-state index in [4.69, 9.17) is 14.2 Å².